The van der Waals surface area contributed by atoms with Crippen LogP contribution in [0.2, 0.25) is 0 Å². The van der Waals surface area contributed by atoms with Crippen molar-refractivity contribution in [1.82, 2.24) is 0 Å². The Morgan fingerprint density at radius 3 is 2.33 bits per heavy atom. The highest BCUT2D eigenvalue weighted by Gasteiger charge is 2.35. The molecule has 0 amide bonds. The number of amidine groups is 1. The van der Waals surface area contributed by atoms with Crippen molar-refractivity contribution in [2.24, 2.45) is 10.9 Å². The van der Waals surface area contributed by atoms with Crippen LogP contribution in [0.3, 0.4) is 0 Å². The summed E-state index contributed by atoms with van der Waals surface area (Å²) in [4.78, 5) is 0. The van der Waals surface area contributed by atoms with Gasteiger partial charge in [0.25, 0.3) is 0 Å². The van der Waals surface area contributed by atoms with Gasteiger partial charge in [-0.2, -0.15) is 13.2 Å². The first-order valence-electron chi connectivity index (χ1n) is 2.72. The van der Waals surface area contributed by atoms with Gasteiger partial charge in [0, 0.05) is 6.08 Å². The third-order valence-corrected chi connectivity index (χ3v) is 0.894. The molecule has 70 valence electrons. The normalized spacial score (nSPS) is 14.7. The second-order valence-corrected chi connectivity index (χ2v) is 1.74. The van der Waals surface area contributed by atoms with Gasteiger partial charge in [-0.15, -0.1) is 0 Å². The number of hydrogen-bond donors (Lipinski definition) is 2. The van der Waals surface area contributed by atoms with E-state index in [1.54, 1.807) is 0 Å². The molecule has 0 unspecified atom stereocenters. The quantitative estimate of drug-likeness (QED) is 0.219. The van der Waals surface area contributed by atoms with E-state index >= 15 is 0 Å². The summed E-state index contributed by atoms with van der Waals surface area (Å²) in [5.74, 6) is -2.00. The maximum atomic E-state index is 11.8. The minimum Gasteiger partial charge on any atom is -0.492 e. The molecule has 0 aromatic rings. The first-order valence-corrected chi connectivity index (χ1v) is 2.72. The van der Waals surface area contributed by atoms with Gasteiger partial charge in [0.2, 0.25) is 5.76 Å². The average Bonchev–Trinajstić information content (AvgIpc) is 1.97. The van der Waals surface area contributed by atoms with Crippen molar-refractivity contribution in [3.05, 3.63) is 11.8 Å². The molecular weight excluding hydrogens is 177 g/mol. The molecule has 0 saturated carbocycles. The van der Waals surface area contributed by atoms with Crippen LogP contribution in [0.25, 0.3) is 0 Å². The first kappa shape index (κ1) is 10.6. The Morgan fingerprint density at radius 2 is 2.08 bits per heavy atom. The lowest BCUT2D eigenvalue weighted by Gasteiger charge is -2.08. The van der Waals surface area contributed by atoms with Crippen LogP contribution >= 0.6 is 0 Å². The molecule has 0 heterocycles. The van der Waals surface area contributed by atoms with E-state index < -0.39 is 17.8 Å². The highest BCUT2D eigenvalue weighted by molar-refractivity contribution is 5.91. The van der Waals surface area contributed by atoms with E-state index in [4.69, 9.17) is 10.9 Å². The highest BCUT2D eigenvalue weighted by atomic mass is 19.4. The van der Waals surface area contributed by atoms with Gasteiger partial charge in [-0.1, -0.05) is 5.16 Å². The smallest absolute Gasteiger partial charge is 0.449 e. The minimum atomic E-state index is -4.63. The molecule has 4 nitrogen and oxygen atoms in total. The number of ether oxygens (including phenoxy) is 1. The van der Waals surface area contributed by atoms with Crippen LogP contribution in [0, 0.1) is 0 Å². The highest BCUT2D eigenvalue weighted by Crippen LogP contribution is 2.25. The summed E-state index contributed by atoms with van der Waals surface area (Å²) >= 11 is 0. The number of oxime groups is 1. The van der Waals surface area contributed by atoms with E-state index in [0.717, 1.165) is 7.11 Å². The van der Waals surface area contributed by atoms with Gasteiger partial charge in [0.15, 0.2) is 5.84 Å². The molecule has 0 aliphatic heterocycles. The van der Waals surface area contributed by atoms with Gasteiger partial charge >= 0.3 is 6.18 Å². The Hall–Kier alpha value is -1.40. The molecule has 0 bridgehead atoms. The lowest BCUT2D eigenvalue weighted by Crippen LogP contribution is -2.18. The van der Waals surface area contributed by atoms with Crippen LogP contribution in [0.5, 0.6) is 0 Å². The van der Waals surface area contributed by atoms with E-state index in [0.29, 0.717) is 6.08 Å². The molecule has 7 heteroatoms. The molecular formula is C5H7F3N2O2. The third-order valence-electron chi connectivity index (χ3n) is 0.894. The Bertz CT molecular complexity index is 209. The van der Waals surface area contributed by atoms with Crippen molar-refractivity contribution >= 4 is 5.84 Å². The zero-order valence-electron chi connectivity index (χ0n) is 6.09. The summed E-state index contributed by atoms with van der Waals surface area (Å²) in [7, 11) is 0.837. The van der Waals surface area contributed by atoms with Gasteiger partial charge in [-0.3, -0.25) is 0 Å². The van der Waals surface area contributed by atoms with Crippen molar-refractivity contribution in [3.63, 3.8) is 0 Å². The number of rotatable bonds is 2. The molecule has 3 N–H and O–H groups in total. The van der Waals surface area contributed by atoms with Crippen LogP contribution in [0.15, 0.2) is 17.0 Å². The van der Waals surface area contributed by atoms with Crippen LogP contribution in [0.1, 0.15) is 0 Å². The molecule has 0 radical (unpaired) electrons. The Labute approximate surface area is 66.1 Å². The monoisotopic (exact) mass is 184 g/mol. The van der Waals surface area contributed by atoms with Gasteiger partial charge in [-0.05, 0) is 0 Å². The van der Waals surface area contributed by atoms with Gasteiger partial charge in [0.05, 0.1) is 7.11 Å². The maximum absolute atomic E-state index is 11.8. The number of hydrogen-bond acceptors (Lipinski definition) is 3. The lowest BCUT2D eigenvalue weighted by atomic mass is 10.4. The van der Waals surface area contributed by atoms with Crippen LogP contribution < -0.4 is 5.73 Å². The van der Waals surface area contributed by atoms with Crippen molar-refractivity contribution in [2.45, 2.75) is 6.18 Å². The molecule has 0 aliphatic carbocycles. The van der Waals surface area contributed by atoms with Gasteiger partial charge < -0.3 is 15.7 Å². The Morgan fingerprint density at radius 1 is 1.58 bits per heavy atom. The number of allylic oxidation sites excluding steroid dienone is 1. The molecule has 0 aromatic heterocycles. The molecule has 0 aromatic carbocycles. The van der Waals surface area contributed by atoms with Crippen LogP contribution in [0.4, 0.5) is 13.2 Å². The summed E-state index contributed by atoms with van der Waals surface area (Å²) in [6.45, 7) is 0. The topological polar surface area (TPSA) is 67.8 Å². The number of nitrogens with zero attached hydrogens (tertiary/aromatic N) is 1. The zero-order chi connectivity index (χ0) is 9.78. The molecule has 0 atom stereocenters. The van der Waals surface area contributed by atoms with E-state index in [-0.39, 0.29) is 0 Å². The van der Waals surface area contributed by atoms with E-state index in [1.807, 2.05) is 0 Å². The summed E-state index contributed by atoms with van der Waals surface area (Å²) in [6, 6.07) is 0. The molecule has 0 spiro atoms. The average molecular weight is 184 g/mol. The Kier molecular flexibility index (Phi) is 3.39. The molecule has 0 saturated heterocycles. The van der Waals surface area contributed by atoms with Gasteiger partial charge in [-0.25, -0.2) is 0 Å². The van der Waals surface area contributed by atoms with Crippen molar-refractivity contribution in [2.75, 3.05) is 7.11 Å². The second kappa shape index (κ2) is 3.84. The number of halogens is 3. The van der Waals surface area contributed by atoms with Crippen molar-refractivity contribution in [3.8, 4) is 0 Å². The molecule has 0 rings (SSSR count). The summed E-state index contributed by atoms with van der Waals surface area (Å²) in [5, 5.41) is 10.3. The zero-order valence-corrected chi connectivity index (χ0v) is 6.09. The van der Waals surface area contributed by atoms with Crippen molar-refractivity contribution in [1.29, 1.82) is 0 Å². The largest absolute Gasteiger partial charge is 0.492 e. The third kappa shape index (κ3) is 3.13. The maximum Gasteiger partial charge on any atom is 0.449 e. The van der Waals surface area contributed by atoms with E-state index in [1.165, 1.54) is 0 Å². The Balaban J connectivity index is 4.68. The number of alkyl halides is 3. The first-order chi connectivity index (χ1) is 5.41. The summed E-state index contributed by atoms with van der Waals surface area (Å²) in [5.41, 5.74) is 4.79. The van der Waals surface area contributed by atoms with E-state index in [9.17, 15) is 13.2 Å². The standard InChI is InChI=1S/C5H7F3N2O2/c1-12-3(5(6,7)8)2-4(9)10-11/h2,11H,1H3,(H2,9,10). The van der Waals surface area contributed by atoms with E-state index in [2.05, 4.69) is 9.89 Å². The molecule has 0 fully saturated rings. The van der Waals surface area contributed by atoms with Crippen LogP contribution in [-0.2, 0) is 4.74 Å². The van der Waals surface area contributed by atoms with Gasteiger partial charge in [0.1, 0.15) is 0 Å². The molecule has 0 aliphatic rings. The molecule has 12 heavy (non-hydrogen) atoms. The predicted molar refractivity (Wildman–Crippen MR) is 34.6 cm³/mol. The van der Waals surface area contributed by atoms with Crippen LogP contribution in [-0.4, -0.2) is 24.3 Å². The second-order valence-electron chi connectivity index (χ2n) is 1.74. The SMILES string of the molecule is COC(=CC(N)=NO)C(F)(F)F. The minimum absolute atomic E-state index is 0.375. The fourth-order valence-corrected chi connectivity index (χ4v) is 0.420. The fourth-order valence-electron chi connectivity index (χ4n) is 0.420. The summed E-state index contributed by atoms with van der Waals surface area (Å²) < 4.78 is 39.4. The predicted octanol–water partition coefficient (Wildman–Crippen LogP) is 0.825. The fraction of sp³-hybridized carbons (Fsp3) is 0.400. The summed E-state index contributed by atoms with van der Waals surface area (Å²) in [6.07, 6.45) is -4.26. The lowest BCUT2D eigenvalue weighted by molar-refractivity contribution is -0.125. The number of nitrogens with two attached hydrogens (primary N) is 1. The van der Waals surface area contributed by atoms with Crippen molar-refractivity contribution < 1.29 is 23.1 Å². The number of methoxy groups -OCH3 is 1.